The number of rotatable bonds is 4. The van der Waals surface area contributed by atoms with E-state index in [1.807, 2.05) is 18.6 Å². The van der Waals surface area contributed by atoms with Crippen molar-refractivity contribution >= 4 is 54.0 Å². The Morgan fingerprint density at radius 1 is 0.861 bits per heavy atom. The van der Waals surface area contributed by atoms with Crippen LogP contribution in [0.15, 0.2) is 67.1 Å². The summed E-state index contributed by atoms with van der Waals surface area (Å²) in [6, 6.07) is 17.9. The van der Waals surface area contributed by atoms with E-state index in [2.05, 4.69) is 89.2 Å². The zero-order valence-corrected chi connectivity index (χ0v) is 21.2. The van der Waals surface area contributed by atoms with E-state index in [0.717, 1.165) is 40.2 Å². The lowest BCUT2D eigenvalue weighted by atomic mass is 9.96. The molecule has 0 aliphatic rings. The summed E-state index contributed by atoms with van der Waals surface area (Å²) < 4.78 is 1.27. The van der Waals surface area contributed by atoms with Crippen LogP contribution < -0.4 is 0 Å². The molecule has 7 aromatic rings. The van der Waals surface area contributed by atoms with Crippen LogP contribution >= 0.6 is 11.3 Å². The van der Waals surface area contributed by atoms with Crippen molar-refractivity contribution in [2.45, 2.75) is 33.1 Å². The molecule has 0 saturated carbocycles. The van der Waals surface area contributed by atoms with Gasteiger partial charge in [0.25, 0.3) is 0 Å². The Hall–Kier alpha value is -4.03. The van der Waals surface area contributed by atoms with E-state index >= 15 is 0 Å². The fourth-order valence-corrected chi connectivity index (χ4v) is 6.12. The molecule has 0 radical (unpaired) electrons. The van der Waals surface area contributed by atoms with E-state index in [1.165, 1.54) is 42.2 Å². The Morgan fingerprint density at radius 3 is 2.56 bits per heavy atom. The van der Waals surface area contributed by atoms with Crippen molar-refractivity contribution in [3.63, 3.8) is 0 Å². The van der Waals surface area contributed by atoms with Crippen molar-refractivity contribution < 1.29 is 0 Å². The highest BCUT2D eigenvalue weighted by atomic mass is 32.1. The minimum absolute atomic E-state index is 0.330. The number of aryl methyl sites for hydroxylation is 1. The number of hydrogen-bond acceptors (Lipinski definition) is 4. The normalized spacial score (nSPS) is 12.1. The molecule has 0 aliphatic carbocycles. The van der Waals surface area contributed by atoms with Crippen LogP contribution in [0.1, 0.15) is 38.3 Å². The molecule has 0 fully saturated rings. The van der Waals surface area contributed by atoms with E-state index in [9.17, 15) is 0 Å². The summed E-state index contributed by atoms with van der Waals surface area (Å²) in [5, 5.41) is 5.93. The van der Waals surface area contributed by atoms with E-state index in [4.69, 9.17) is 4.98 Å². The van der Waals surface area contributed by atoms with E-state index in [-0.39, 0.29) is 0 Å². The highest BCUT2D eigenvalue weighted by Gasteiger charge is 2.16. The lowest BCUT2D eigenvalue weighted by Crippen LogP contribution is -1.88. The first kappa shape index (κ1) is 21.3. The Morgan fingerprint density at radius 2 is 1.72 bits per heavy atom. The fourth-order valence-electron chi connectivity index (χ4n) is 5.05. The van der Waals surface area contributed by atoms with Crippen molar-refractivity contribution in [1.82, 2.24) is 24.9 Å². The number of pyridine rings is 1. The summed E-state index contributed by atoms with van der Waals surface area (Å²) in [4.78, 5) is 22.1. The number of nitrogens with zero attached hydrogens (tertiary/aromatic N) is 3. The minimum atomic E-state index is 0.330. The summed E-state index contributed by atoms with van der Waals surface area (Å²) in [5.74, 6) is 2.36. The first-order valence-electron chi connectivity index (χ1n) is 12.4. The molecule has 0 aliphatic heterocycles. The number of imidazole rings is 2. The second kappa shape index (κ2) is 8.00. The molecule has 0 spiro atoms. The molecule has 5 nitrogen and oxygen atoms in total. The van der Waals surface area contributed by atoms with Crippen LogP contribution in [-0.4, -0.2) is 24.9 Å². The number of H-pyrrole nitrogens is 2. The molecule has 0 saturated heterocycles. The summed E-state index contributed by atoms with van der Waals surface area (Å²) in [6.45, 7) is 6.45. The first-order valence-corrected chi connectivity index (χ1v) is 13.2. The zero-order chi connectivity index (χ0) is 24.4. The van der Waals surface area contributed by atoms with Gasteiger partial charge in [-0.25, -0.2) is 9.97 Å². The molecule has 176 valence electrons. The van der Waals surface area contributed by atoms with Gasteiger partial charge in [-0.2, -0.15) is 0 Å². The van der Waals surface area contributed by atoms with Crippen LogP contribution in [0.5, 0.6) is 0 Å². The van der Waals surface area contributed by atoms with Gasteiger partial charge in [0, 0.05) is 40.2 Å². The van der Waals surface area contributed by atoms with Gasteiger partial charge in [0.1, 0.15) is 11.6 Å². The van der Waals surface area contributed by atoms with Gasteiger partial charge in [0.05, 0.1) is 27.8 Å². The highest BCUT2D eigenvalue weighted by Crippen LogP contribution is 2.39. The van der Waals surface area contributed by atoms with Gasteiger partial charge >= 0.3 is 0 Å². The number of fused-ring (bicyclic) bond motifs is 7. The van der Waals surface area contributed by atoms with E-state index < -0.39 is 0 Å². The van der Waals surface area contributed by atoms with Gasteiger partial charge in [0.2, 0.25) is 0 Å². The van der Waals surface area contributed by atoms with Crippen LogP contribution in [-0.2, 0) is 6.42 Å². The smallest absolute Gasteiger partial charge is 0.109 e. The Kier molecular flexibility index (Phi) is 4.73. The molecule has 0 bridgehead atoms. The van der Waals surface area contributed by atoms with Crippen LogP contribution in [0.25, 0.3) is 64.4 Å². The van der Waals surface area contributed by atoms with Crippen LogP contribution in [0.4, 0.5) is 0 Å². The molecule has 0 unspecified atom stereocenters. The molecule has 0 atom stereocenters. The molecular formula is C30H25N5S. The summed E-state index contributed by atoms with van der Waals surface area (Å²) in [7, 11) is 0. The van der Waals surface area contributed by atoms with Gasteiger partial charge < -0.3 is 9.97 Å². The Bertz CT molecular complexity index is 1920. The number of hydrogen-bond donors (Lipinski definition) is 2. The third-order valence-electron chi connectivity index (χ3n) is 7.01. The van der Waals surface area contributed by atoms with Crippen LogP contribution in [0, 0.1) is 0 Å². The average molecular weight is 488 g/mol. The number of aromatic amines is 2. The van der Waals surface area contributed by atoms with Crippen molar-refractivity contribution in [1.29, 1.82) is 0 Å². The van der Waals surface area contributed by atoms with Crippen LogP contribution in [0.2, 0.25) is 0 Å². The molecule has 3 aromatic carbocycles. The molecule has 2 N–H and O–H groups in total. The SMILES string of the molecule is CCc1ncc(-c2cc3ccc(-c4ccc5c(c4)c4ccncc4c4nc(C(C)C)[nH]c54)cc3s2)[nH]1. The van der Waals surface area contributed by atoms with Crippen molar-refractivity contribution in [2.75, 3.05) is 0 Å². The summed E-state index contributed by atoms with van der Waals surface area (Å²) >= 11 is 1.80. The molecule has 6 heteroatoms. The molecule has 36 heavy (non-hydrogen) atoms. The van der Waals surface area contributed by atoms with Gasteiger partial charge in [-0.1, -0.05) is 45.0 Å². The van der Waals surface area contributed by atoms with Crippen molar-refractivity contribution in [2.24, 2.45) is 0 Å². The summed E-state index contributed by atoms with van der Waals surface area (Å²) in [6.07, 6.45) is 6.66. The molecule has 4 heterocycles. The van der Waals surface area contributed by atoms with Gasteiger partial charge in [-0.3, -0.25) is 4.98 Å². The predicted molar refractivity (Wildman–Crippen MR) is 151 cm³/mol. The average Bonchev–Trinajstić information content (AvgIpc) is 3.66. The predicted octanol–water partition coefficient (Wildman–Crippen LogP) is 8.22. The quantitative estimate of drug-likeness (QED) is 0.246. The van der Waals surface area contributed by atoms with Crippen molar-refractivity contribution in [3.05, 3.63) is 78.8 Å². The fraction of sp³-hybridized carbons (Fsp3) is 0.167. The third-order valence-corrected chi connectivity index (χ3v) is 8.14. The van der Waals surface area contributed by atoms with Gasteiger partial charge in [-0.05, 0) is 51.6 Å². The second-order valence-corrected chi connectivity index (χ2v) is 10.7. The van der Waals surface area contributed by atoms with Gasteiger partial charge in [0.15, 0.2) is 0 Å². The Labute approximate surface area is 212 Å². The number of aromatic nitrogens is 5. The first-order chi connectivity index (χ1) is 17.6. The monoisotopic (exact) mass is 487 g/mol. The standard InChI is InChI=1S/C30H25N5S/c1-4-27-32-15-24(33-27)26-13-19-6-5-18(12-25(19)36-26)17-7-8-21-22(11-17)20-9-10-31-14-23(20)29-28(21)34-30(35-29)16(2)3/h5-16H,4H2,1-3H3,(H,32,33)(H,34,35). The van der Waals surface area contributed by atoms with E-state index in [0.29, 0.717) is 5.92 Å². The topological polar surface area (TPSA) is 70.2 Å². The maximum atomic E-state index is 4.94. The summed E-state index contributed by atoms with van der Waals surface area (Å²) in [5.41, 5.74) is 5.59. The largest absolute Gasteiger partial charge is 0.341 e. The van der Waals surface area contributed by atoms with Crippen LogP contribution in [0.3, 0.4) is 0 Å². The lowest BCUT2D eigenvalue weighted by Gasteiger charge is -2.09. The van der Waals surface area contributed by atoms with Crippen molar-refractivity contribution in [3.8, 4) is 21.7 Å². The maximum absolute atomic E-state index is 4.94. The van der Waals surface area contributed by atoms with E-state index in [1.54, 1.807) is 11.3 Å². The highest BCUT2D eigenvalue weighted by molar-refractivity contribution is 7.22. The lowest BCUT2D eigenvalue weighted by molar-refractivity contribution is 0.799. The molecule has 0 amide bonds. The van der Waals surface area contributed by atoms with Gasteiger partial charge in [-0.15, -0.1) is 11.3 Å². The second-order valence-electron chi connectivity index (χ2n) is 9.64. The number of thiophene rings is 1. The molecular weight excluding hydrogens is 462 g/mol. The molecule has 4 aromatic heterocycles. The number of benzene rings is 3. The Balaban J connectivity index is 1.40. The third kappa shape index (κ3) is 3.25. The zero-order valence-electron chi connectivity index (χ0n) is 20.4. The maximum Gasteiger partial charge on any atom is 0.109 e. The minimum Gasteiger partial charge on any atom is -0.341 e. The number of nitrogens with one attached hydrogen (secondary N) is 2. The molecule has 7 rings (SSSR count).